The van der Waals surface area contributed by atoms with E-state index in [0.29, 0.717) is 10.5 Å². The lowest BCUT2D eigenvalue weighted by molar-refractivity contribution is -0.140. The molecule has 0 aliphatic heterocycles. The predicted octanol–water partition coefficient (Wildman–Crippen LogP) is 2.32. The average molecular weight is 378 g/mol. The van der Waals surface area contributed by atoms with Crippen molar-refractivity contribution in [3.05, 3.63) is 34.7 Å². The van der Waals surface area contributed by atoms with Gasteiger partial charge in [-0.05, 0) is 26.0 Å². The van der Waals surface area contributed by atoms with Crippen molar-refractivity contribution in [3.8, 4) is 0 Å². The van der Waals surface area contributed by atoms with Gasteiger partial charge < -0.3 is 19.7 Å². The Labute approximate surface area is 155 Å². The SMILES string of the molecule is CCN(CC)c1ccc2c(SC[C@H](NC(C)=O)C(=O)O)cc(=O)oc2c1. The maximum atomic E-state index is 11.9. The molecular formula is C18H22N2O5S. The van der Waals surface area contributed by atoms with Crippen LogP contribution >= 0.6 is 11.8 Å². The van der Waals surface area contributed by atoms with Gasteiger partial charge in [-0.2, -0.15) is 0 Å². The fourth-order valence-electron chi connectivity index (χ4n) is 2.62. The Bertz CT molecular complexity index is 860. The summed E-state index contributed by atoms with van der Waals surface area (Å²) in [5.74, 6) is -1.44. The first-order valence-corrected chi connectivity index (χ1v) is 9.29. The number of nitrogens with zero attached hydrogens (tertiary/aromatic N) is 1. The van der Waals surface area contributed by atoms with Crippen LogP contribution in [0.25, 0.3) is 11.0 Å². The molecule has 7 nitrogen and oxygen atoms in total. The van der Waals surface area contributed by atoms with Gasteiger partial charge in [-0.25, -0.2) is 9.59 Å². The first-order valence-electron chi connectivity index (χ1n) is 8.31. The van der Waals surface area contributed by atoms with E-state index < -0.39 is 23.5 Å². The van der Waals surface area contributed by atoms with E-state index in [1.165, 1.54) is 24.8 Å². The van der Waals surface area contributed by atoms with Crippen molar-refractivity contribution in [1.82, 2.24) is 5.32 Å². The van der Waals surface area contributed by atoms with Gasteiger partial charge in [0.05, 0.1) is 0 Å². The van der Waals surface area contributed by atoms with Gasteiger partial charge in [0.1, 0.15) is 11.6 Å². The Hall–Kier alpha value is -2.48. The second-order valence-corrected chi connectivity index (χ2v) is 6.75. The minimum Gasteiger partial charge on any atom is -0.480 e. The number of carboxylic acids is 1. The van der Waals surface area contributed by atoms with Crippen LogP contribution in [0.3, 0.4) is 0 Å². The molecule has 2 rings (SSSR count). The third kappa shape index (κ3) is 4.78. The van der Waals surface area contributed by atoms with Crippen molar-refractivity contribution >= 4 is 40.3 Å². The number of aliphatic carboxylic acids is 1. The number of hydrogen-bond acceptors (Lipinski definition) is 6. The molecule has 0 aliphatic carbocycles. The molecule has 1 amide bonds. The molecule has 8 heteroatoms. The lowest BCUT2D eigenvalue weighted by Gasteiger charge is -2.21. The van der Waals surface area contributed by atoms with Crippen LogP contribution < -0.4 is 15.8 Å². The highest BCUT2D eigenvalue weighted by atomic mass is 32.2. The maximum Gasteiger partial charge on any atom is 0.337 e. The Kier molecular flexibility index (Phi) is 6.68. The van der Waals surface area contributed by atoms with E-state index in [1.807, 2.05) is 32.0 Å². The number of carbonyl (C=O) groups excluding carboxylic acids is 1. The maximum absolute atomic E-state index is 11.9. The minimum atomic E-state index is -1.12. The summed E-state index contributed by atoms with van der Waals surface area (Å²) in [5.41, 5.74) is 0.911. The standard InChI is InChI=1S/C18H22N2O5S/c1-4-20(5-2)12-6-7-13-15(8-12)25-17(22)9-16(13)26-10-14(18(23)24)19-11(3)21/h6-9,14H,4-5,10H2,1-3H3,(H,19,21)(H,23,24)/t14-/m0/s1. The van der Waals surface area contributed by atoms with Crippen LogP contribution in [0.5, 0.6) is 0 Å². The van der Waals surface area contributed by atoms with Crippen LogP contribution in [-0.2, 0) is 9.59 Å². The second kappa shape index (κ2) is 8.75. The highest BCUT2D eigenvalue weighted by Gasteiger charge is 2.19. The molecule has 1 heterocycles. The fourth-order valence-corrected chi connectivity index (χ4v) is 3.70. The molecule has 1 aromatic heterocycles. The van der Waals surface area contributed by atoms with Crippen molar-refractivity contribution in [1.29, 1.82) is 0 Å². The topological polar surface area (TPSA) is 99.9 Å². The van der Waals surface area contributed by atoms with Crippen molar-refractivity contribution in [3.63, 3.8) is 0 Å². The summed E-state index contributed by atoms with van der Waals surface area (Å²) in [6, 6.07) is 5.94. The highest BCUT2D eigenvalue weighted by Crippen LogP contribution is 2.30. The zero-order chi connectivity index (χ0) is 19.3. The van der Waals surface area contributed by atoms with Crippen molar-refractivity contribution < 1.29 is 19.1 Å². The van der Waals surface area contributed by atoms with Crippen LogP contribution in [0, 0.1) is 0 Å². The number of nitrogens with one attached hydrogen (secondary N) is 1. The van der Waals surface area contributed by atoms with Crippen LogP contribution in [0.2, 0.25) is 0 Å². The molecule has 2 aromatic rings. The normalized spacial score (nSPS) is 12.0. The van der Waals surface area contributed by atoms with E-state index in [2.05, 4.69) is 10.2 Å². The predicted molar refractivity (Wildman–Crippen MR) is 102 cm³/mol. The molecule has 0 bridgehead atoms. The number of anilines is 1. The quantitative estimate of drug-likeness (QED) is 0.537. The van der Waals surface area contributed by atoms with Gasteiger partial charge in [-0.15, -0.1) is 11.8 Å². The van der Waals surface area contributed by atoms with Crippen LogP contribution in [0.15, 0.2) is 38.4 Å². The third-order valence-electron chi connectivity index (χ3n) is 3.90. The van der Waals surface area contributed by atoms with Gasteiger partial charge in [-0.3, -0.25) is 4.79 Å². The minimum absolute atomic E-state index is 0.102. The summed E-state index contributed by atoms with van der Waals surface area (Å²) in [7, 11) is 0. The van der Waals surface area contributed by atoms with E-state index >= 15 is 0 Å². The van der Waals surface area contributed by atoms with E-state index in [4.69, 9.17) is 4.42 Å². The number of fused-ring (bicyclic) bond motifs is 1. The Balaban J connectivity index is 2.34. The monoisotopic (exact) mass is 378 g/mol. The molecule has 0 radical (unpaired) electrons. The fraction of sp³-hybridized carbons (Fsp3) is 0.389. The summed E-state index contributed by atoms with van der Waals surface area (Å²) < 4.78 is 5.32. The number of amides is 1. The summed E-state index contributed by atoms with van der Waals surface area (Å²) in [4.78, 5) is 37.1. The van der Waals surface area contributed by atoms with Gasteiger partial charge in [0.2, 0.25) is 5.91 Å². The summed E-state index contributed by atoms with van der Waals surface area (Å²) in [5, 5.41) is 12.3. The van der Waals surface area contributed by atoms with Crippen molar-refractivity contribution in [2.24, 2.45) is 0 Å². The third-order valence-corrected chi connectivity index (χ3v) is 5.05. The Morgan fingerprint density at radius 2 is 1.96 bits per heavy atom. The number of rotatable bonds is 8. The van der Waals surface area contributed by atoms with Gasteiger partial charge >= 0.3 is 11.6 Å². The molecule has 0 aliphatic rings. The molecule has 1 atom stereocenters. The highest BCUT2D eigenvalue weighted by molar-refractivity contribution is 7.99. The molecule has 0 fully saturated rings. The molecule has 0 saturated carbocycles. The van der Waals surface area contributed by atoms with Gasteiger partial charge in [0.15, 0.2) is 0 Å². The molecule has 0 unspecified atom stereocenters. The van der Waals surface area contributed by atoms with Gasteiger partial charge in [-0.1, -0.05) is 0 Å². The van der Waals surface area contributed by atoms with E-state index in [-0.39, 0.29) is 5.75 Å². The number of benzene rings is 1. The van der Waals surface area contributed by atoms with Crippen molar-refractivity contribution in [2.45, 2.75) is 31.7 Å². The van der Waals surface area contributed by atoms with Crippen molar-refractivity contribution in [2.75, 3.05) is 23.7 Å². The van der Waals surface area contributed by atoms with E-state index in [9.17, 15) is 19.5 Å². The lowest BCUT2D eigenvalue weighted by Crippen LogP contribution is -2.41. The molecule has 1 aromatic carbocycles. The second-order valence-electron chi connectivity index (χ2n) is 5.68. The zero-order valence-corrected chi connectivity index (χ0v) is 15.8. The number of carboxylic acid groups (broad SMARTS) is 1. The number of thioether (sulfide) groups is 1. The average Bonchev–Trinajstić information content (AvgIpc) is 2.58. The zero-order valence-electron chi connectivity index (χ0n) is 14.9. The van der Waals surface area contributed by atoms with E-state index in [0.717, 1.165) is 24.2 Å². The summed E-state index contributed by atoms with van der Waals surface area (Å²) >= 11 is 1.20. The smallest absolute Gasteiger partial charge is 0.337 e. The largest absolute Gasteiger partial charge is 0.480 e. The van der Waals surface area contributed by atoms with Crippen LogP contribution in [-0.4, -0.2) is 41.9 Å². The molecule has 0 spiro atoms. The molecule has 26 heavy (non-hydrogen) atoms. The van der Waals surface area contributed by atoms with Crippen LogP contribution in [0.4, 0.5) is 5.69 Å². The number of hydrogen-bond donors (Lipinski definition) is 2. The molecular weight excluding hydrogens is 356 g/mol. The first kappa shape index (κ1) is 19.8. The van der Waals surface area contributed by atoms with Gasteiger partial charge in [0, 0.05) is 53.9 Å². The Morgan fingerprint density at radius 1 is 1.27 bits per heavy atom. The Morgan fingerprint density at radius 3 is 2.54 bits per heavy atom. The molecule has 2 N–H and O–H groups in total. The summed E-state index contributed by atoms with van der Waals surface area (Å²) in [6.45, 7) is 7.02. The number of carbonyl (C=O) groups is 2. The summed E-state index contributed by atoms with van der Waals surface area (Å²) in [6.07, 6.45) is 0. The molecule has 140 valence electrons. The first-order chi connectivity index (χ1) is 12.3. The lowest BCUT2D eigenvalue weighted by atomic mass is 10.2. The van der Waals surface area contributed by atoms with Gasteiger partial charge in [0.25, 0.3) is 0 Å². The molecule has 0 saturated heterocycles. The van der Waals surface area contributed by atoms with Crippen LogP contribution in [0.1, 0.15) is 20.8 Å². The van der Waals surface area contributed by atoms with E-state index in [1.54, 1.807) is 0 Å².